The predicted octanol–water partition coefficient (Wildman–Crippen LogP) is 9.78. The first-order valence-corrected chi connectivity index (χ1v) is 20.2. The van der Waals surface area contributed by atoms with Crippen molar-refractivity contribution in [3.8, 4) is 11.1 Å². The highest BCUT2D eigenvalue weighted by Crippen LogP contribution is 2.47. The number of fused-ring (bicyclic) bond motifs is 5. The minimum absolute atomic E-state index is 0.00137. The molecule has 1 heterocycles. The molecular weight excluding hydrogens is 778 g/mol. The molecule has 6 heteroatoms. The molecule has 5 aromatic carbocycles. The molecule has 0 atom stereocenters. The SMILES string of the molecule is CC(C)(C)c1cc(C(C)(C)C)c(B2c3ccc(Br)cc3C=Cc3cc(Br)ccc32)c(C(C)(C)C)c1.CC1(C)c2ccccc2-c2cccc(B(O)O)c21. The van der Waals surface area contributed by atoms with Gasteiger partial charge in [0.2, 0.25) is 6.71 Å². The maximum Gasteiger partial charge on any atom is 0.488 e. The Hall–Kier alpha value is -3.15. The fourth-order valence-corrected chi connectivity index (χ4v) is 9.06. The molecular formula is C47H52B2Br2O2. The van der Waals surface area contributed by atoms with Gasteiger partial charge in [-0.3, -0.25) is 0 Å². The molecule has 272 valence electrons. The Labute approximate surface area is 335 Å². The first kappa shape index (κ1) is 39.5. The molecule has 2 N–H and O–H groups in total. The molecule has 0 aromatic heterocycles. The zero-order chi connectivity index (χ0) is 38.8. The summed E-state index contributed by atoms with van der Waals surface area (Å²) in [5, 5.41) is 19.1. The van der Waals surface area contributed by atoms with Crippen molar-refractivity contribution in [1.82, 2.24) is 0 Å². The van der Waals surface area contributed by atoms with Crippen molar-refractivity contribution < 1.29 is 10.0 Å². The van der Waals surface area contributed by atoms with E-state index in [2.05, 4.69) is 187 Å². The predicted molar refractivity (Wildman–Crippen MR) is 238 cm³/mol. The lowest BCUT2D eigenvalue weighted by atomic mass is 9.33. The third-order valence-corrected chi connectivity index (χ3v) is 12.0. The second-order valence-corrected chi connectivity index (χ2v) is 20.2. The van der Waals surface area contributed by atoms with Crippen LogP contribution in [0.2, 0.25) is 0 Å². The summed E-state index contributed by atoms with van der Waals surface area (Å²) in [5.74, 6) is 0. The van der Waals surface area contributed by atoms with Crippen molar-refractivity contribution in [2.24, 2.45) is 0 Å². The molecule has 7 rings (SSSR count). The van der Waals surface area contributed by atoms with Gasteiger partial charge in [-0.25, -0.2) is 0 Å². The van der Waals surface area contributed by atoms with E-state index >= 15 is 0 Å². The molecule has 1 aliphatic carbocycles. The minimum atomic E-state index is -1.42. The molecule has 0 saturated carbocycles. The Morgan fingerprint density at radius 1 is 0.585 bits per heavy atom. The first-order chi connectivity index (χ1) is 24.6. The number of halogens is 2. The fraction of sp³-hybridized carbons (Fsp3) is 0.319. The van der Waals surface area contributed by atoms with Crippen LogP contribution >= 0.6 is 31.9 Å². The third-order valence-electron chi connectivity index (χ3n) is 11.0. The number of hydrogen-bond acceptors (Lipinski definition) is 2. The zero-order valence-corrected chi connectivity index (χ0v) is 36.3. The molecule has 0 spiro atoms. The van der Waals surface area contributed by atoms with Crippen molar-refractivity contribution in [2.75, 3.05) is 0 Å². The fourth-order valence-electron chi connectivity index (χ4n) is 8.31. The first-order valence-electron chi connectivity index (χ1n) is 18.7. The Bertz CT molecular complexity index is 2140. The summed E-state index contributed by atoms with van der Waals surface area (Å²) in [4.78, 5) is 0. The van der Waals surface area contributed by atoms with Gasteiger partial charge in [0.25, 0.3) is 0 Å². The van der Waals surface area contributed by atoms with Gasteiger partial charge in [0.05, 0.1) is 0 Å². The summed E-state index contributed by atoms with van der Waals surface area (Å²) < 4.78 is 2.23. The van der Waals surface area contributed by atoms with E-state index in [1.165, 1.54) is 55.3 Å². The highest BCUT2D eigenvalue weighted by Gasteiger charge is 2.40. The lowest BCUT2D eigenvalue weighted by molar-refractivity contribution is 0.424. The molecule has 53 heavy (non-hydrogen) atoms. The quantitative estimate of drug-likeness (QED) is 0.171. The largest absolute Gasteiger partial charge is 0.488 e. The highest BCUT2D eigenvalue weighted by atomic mass is 79.9. The van der Waals surface area contributed by atoms with Crippen LogP contribution in [0.5, 0.6) is 0 Å². The molecule has 0 amide bonds. The third kappa shape index (κ3) is 7.59. The van der Waals surface area contributed by atoms with Gasteiger partial charge in [0.15, 0.2) is 0 Å². The Kier molecular flexibility index (Phi) is 10.6. The van der Waals surface area contributed by atoms with Crippen molar-refractivity contribution >= 4 is 79.7 Å². The Morgan fingerprint density at radius 2 is 1.08 bits per heavy atom. The van der Waals surface area contributed by atoms with E-state index in [-0.39, 0.29) is 28.4 Å². The van der Waals surface area contributed by atoms with Gasteiger partial charge in [0.1, 0.15) is 0 Å². The van der Waals surface area contributed by atoms with Crippen LogP contribution in [0.25, 0.3) is 23.3 Å². The van der Waals surface area contributed by atoms with Crippen molar-refractivity contribution in [2.45, 2.75) is 97.8 Å². The lowest BCUT2D eigenvalue weighted by Gasteiger charge is -2.36. The molecule has 2 nitrogen and oxygen atoms in total. The van der Waals surface area contributed by atoms with E-state index in [0.29, 0.717) is 5.46 Å². The van der Waals surface area contributed by atoms with Gasteiger partial charge in [0, 0.05) is 14.4 Å². The average Bonchev–Trinajstić information content (AvgIpc) is 3.19. The number of rotatable bonds is 2. The number of benzene rings is 5. The summed E-state index contributed by atoms with van der Waals surface area (Å²) in [6, 6.07) is 32.5. The van der Waals surface area contributed by atoms with Crippen LogP contribution in [0.15, 0.2) is 99.9 Å². The minimum Gasteiger partial charge on any atom is -0.423 e. The number of hydrogen-bond donors (Lipinski definition) is 2. The molecule has 1 aliphatic heterocycles. The smallest absolute Gasteiger partial charge is 0.423 e. The standard InChI is InChI=1S/C32H37BBr2.C15H15BO2/c1-30(2,3)22-18-25(31(4,5)6)29(26(19-22)32(7,8)9)33-27-14-12-23(34)16-20(27)10-11-21-17-24(35)13-15-28(21)33;1-15(2)12-8-4-3-6-10(12)11-7-5-9-13(14(11)15)16(17)18/h10-19H,1-9H3;3-9,17-18H,1-2H3. The van der Waals surface area contributed by atoms with E-state index in [1.54, 1.807) is 6.07 Å². The molecule has 0 bridgehead atoms. The summed E-state index contributed by atoms with van der Waals surface area (Å²) in [6.07, 6.45) is 4.56. The van der Waals surface area contributed by atoms with Crippen molar-refractivity contribution in [1.29, 1.82) is 0 Å². The van der Waals surface area contributed by atoms with Gasteiger partial charge >= 0.3 is 7.12 Å². The maximum absolute atomic E-state index is 9.55. The van der Waals surface area contributed by atoms with Crippen LogP contribution in [-0.4, -0.2) is 23.9 Å². The van der Waals surface area contributed by atoms with Crippen LogP contribution in [0.4, 0.5) is 0 Å². The highest BCUT2D eigenvalue weighted by molar-refractivity contribution is 9.10. The monoisotopic (exact) mass is 828 g/mol. The van der Waals surface area contributed by atoms with Gasteiger partial charge in [-0.1, -0.05) is 203 Å². The van der Waals surface area contributed by atoms with Gasteiger partial charge in [-0.05, 0) is 96.0 Å². The van der Waals surface area contributed by atoms with E-state index in [0.717, 1.165) is 20.1 Å². The van der Waals surface area contributed by atoms with Crippen molar-refractivity contribution in [3.05, 3.63) is 139 Å². The second-order valence-electron chi connectivity index (χ2n) is 18.4. The van der Waals surface area contributed by atoms with Gasteiger partial charge in [-0.2, -0.15) is 0 Å². The molecule has 5 aromatic rings. The van der Waals surface area contributed by atoms with E-state index in [9.17, 15) is 10.0 Å². The molecule has 2 aliphatic rings. The van der Waals surface area contributed by atoms with Crippen LogP contribution in [0, 0.1) is 0 Å². The summed E-state index contributed by atoms with van der Waals surface area (Å²) in [7, 11) is -1.42. The van der Waals surface area contributed by atoms with Crippen LogP contribution in [0.3, 0.4) is 0 Å². The van der Waals surface area contributed by atoms with Gasteiger partial charge < -0.3 is 10.0 Å². The van der Waals surface area contributed by atoms with Gasteiger partial charge in [-0.15, -0.1) is 0 Å². The molecule has 0 fully saturated rings. The normalized spacial score (nSPS) is 14.4. The van der Waals surface area contributed by atoms with Crippen LogP contribution < -0.4 is 21.9 Å². The van der Waals surface area contributed by atoms with E-state index in [4.69, 9.17) is 0 Å². The maximum atomic E-state index is 9.55. The van der Waals surface area contributed by atoms with Crippen LogP contribution in [-0.2, 0) is 21.7 Å². The zero-order valence-electron chi connectivity index (χ0n) is 33.1. The molecule has 0 radical (unpaired) electrons. The molecule has 0 saturated heterocycles. The summed E-state index contributed by atoms with van der Waals surface area (Å²) >= 11 is 7.44. The molecule has 0 unspecified atom stereocenters. The second kappa shape index (κ2) is 14.2. The topological polar surface area (TPSA) is 40.5 Å². The Morgan fingerprint density at radius 3 is 1.55 bits per heavy atom. The lowest BCUT2D eigenvalue weighted by Crippen LogP contribution is -2.58. The Balaban J connectivity index is 0.000000222. The summed E-state index contributed by atoms with van der Waals surface area (Å²) in [6.45, 7) is 25.6. The average molecular weight is 830 g/mol. The van der Waals surface area contributed by atoms with E-state index in [1.807, 2.05) is 18.2 Å². The van der Waals surface area contributed by atoms with Crippen molar-refractivity contribution in [3.63, 3.8) is 0 Å². The van der Waals surface area contributed by atoms with E-state index < -0.39 is 7.12 Å². The summed E-state index contributed by atoms with van der Waals surface area (Å²) in [5.41, 5.74) is 16.1. The van der Waals surface area contributed by atoms with Crippen LogP contribution in [0.1, 0.15) is 115 Å².